The van der Waals surface area contributed by atoms with Crippen molar-refractivity contribution in [2.45, 2.75) is 19.9 Å². The van der Waals surface area contributed by atoms with Crippen LogP contribution < -0.4 is 4.90 Å². The molecule has 0 radical (unpaired) electrons. The zero-order valence-electron chi connectivity index (χ0n) is 12.1. The van der Waals surface area contributed by atoms with E-state index in [1.165, 1.54) is 0 Å². The molecule has 0 saturated carbocycles. The molecule has 1 unspecified atom stereocenters. The number of benzene rings is 1. The van der Waals surface area contributed by atoms with Gasteiger partial charge in [0, 0.05) is 19.1 Å². The van der Waals surface area contributed by atoms with E-state index in [0.29, 0.717) is 5.56 Å². The molecule has 1 atom stereocenters. The molecule has 0 N–H and O–H groups in total. The fourth-order valence-corrected chi connectivity index (χ4v) is 2.68. The summed E-state index contributed by atoms with van der Waals surface area (Å²) in [4.78, 5) is 2.03. The molecular formula is C15H17ClN4. The van der Waals surface area contributed by atoms with Crippen molar-refractivity contribution in [2.24, 2.45) is 7.05 Å². The van der Waals surface area contributed by atoms with E-state index >= 15 is 0 Å². The molecule has 4 nitrogen and oxygen atoms in total. The summed E-state index contributed by atoms with van der Waals surface area (Å²) in [5, 5.41) is 14.4. The van der Waals surface area contributed by atoms with Crippen LogP contribution >= 0.6 is 11.6 Å². The van der Waals surface area contributed by atoms with Crippen LogP contribution in [0.15, 0.2) is 24.3 Å². The van der Waals surface area contributed by atoms with E-state index < -0.39 is 0 Å². The zero-order chi connectivity index (χ0) is 14.9. The molecular weight excluding hydrogens is 272 g/mol. The van der Waals surface area contributed by atoms with Crippen molar-refractivity contribution in [3.8, 4) is 6.07 Å². The van der Waals surface area contributed by atoms with Gasteiger partial charge in [-0.2, -0.15) is 10.4 Å². The van der Waals surface area contributed by atoms with Crippen LogP contribution in [0.5, 0.6) is 0 Å². The Morgan fingerprint density at radius 3 is 2.65 bits per heavy atom. The average molecular weight is 289 g/mol. The molecule has 0 spiro atoms. The highest BCUT2D eigenvalue weighted by atomic mass is 35.5. The Kier molecular flexibility index (Phi) is 4.01. The maximum Gasteiger partial charge on any atom is 0.145 e. The molecule has 104 valence electrons. The summed E-state index contributed by atoms with van der Waals surface area (Å²) in [6.07, 6.45) is 0. The van der Waals surface area contributed by atoms with E-state index in [2.05, 4.69) is 18.1 Å². The largest absolute Gasteiger partial charge is 0.352 e. The highest BCUT2D eigenvalue weighted by molar-refractivity contribution is 6.31. The molecule has 2 rings (SSSR count). The van der Waals surface area contributed by atoms with E-state index in [1.807, 2.05) is 50.2 Å². The Balaban J connectivity index is 2.45. The summed E-state index contributed by atoms with van der Waals surface area (Å²) in [6.45, 7) is 3.90. The van der Waals surface area contributed by atoms with E-state index in [1.54, 1.807) is 4.68 Å². The molecule has 0 aliphatic heterocycles. The van der Waals surface area contributed by atoms with Crippen molar-refractivity contribution in [1.29, 1.82) is 5.26 Å². The average Bonchev–Trinajstić information content (AvgIpc) is 2.71. The first-order chi connectivity index (χ1) is 9.47. The number of hydrogen-bond acceptors (Lipinski definition) is 3. The van der Waals surface area contributed by atoms with Gasteiger partial charge in [-0.05, 0) is 25.5 Å². The second-order valence-electron chi connectivity index (χ2n) is 4.83. The van der Waals surface area contributed by atoms with Crippen molar-refractivity contribution < 1.29 is 0 Å². The Bertz CT molecular complexity index is 669. The summed E-state index contributed by atoms with van der Waals surface area (Å²) in [5.41, 5.74) is 2.37. The monoisotopic (exact) mass is 288 g/mol. The van der Waals surface area contributed by atoms with Gasteiger partial charge in [-0.3, -0.25) is 4.68 Å². The van der Waals surface area contributed by atoms with Gasteiger partial charge in [-0.25, -0.2) is 0 Å². The van der Waals surface area contributed by atoms with Crippen LogP contribution in [0.4, 0.5) is 5.82 Å². The van der Waals surface area contributed by atoms with Gasteiger partial charge in [-0.15, -0.1) is 0 Å². The maximum atomic E-state index is 9.31. The second kappa shape index (κ2) is 5.56. The smallest absolute Gasteiger partial charge is 0.145 e. The quantitative estimate of drug-likeness (QED) is 0.869. The molecule has 2 aromatic rings. The standard InChI is InChI=1S/C15H17ClN4/c1-10-13(9-17)15(20(4)18-10)19(3)11(2)12-7-5-6-8-14(12)16/h5-8,11H,1-4H3. The molecule has 0 saturated heterocycles. The molecule has 1 aromatic heterocycles. The highest BCUT2D eigenvalue weighted by Crippen LogP contribution is 2.32. The number of nitrogens with zero attached hydrogens (tertiary/aromatic N) is 4. The van der Waals surface area contributed by atoms with Crippen molar-refractivity contribution in [2.75, 3.05) is 11.9 Å². The van der Waals surface area contributed by atoms with Gasteiger partial charge in [0.1, 0.15) is 17.5 Å². The second-order valence-corrected chi connectivity index (χ2v) is 5.24. The summed E-state index contributed by atoms with van der Waals surface area (Å²) >= 11 is 6.26. The van der Waals surface area contributed by atoms with Crippen molar-refractivity contribution >= 4 is 17.4 Å². The van der Waals surface area contributed by atoms with Crippen LogP contribution in [0.3, 0.4) is 0 Å². The van der Waals surface area contributed by atoms with Crippen molar-refractivity contribution in [1.82, 2.24) is 9.78 Å². The van der Waals surface area contributed by atoms with E-state index in [0.717, 1.165) is 22.1 Å². The fraction of sp³-hybridized carbons (Fsp3) is 0.333. The topological polar surface area (TPSA) is 44.9 Å². The predicted molar refractivity (Wildman–Crippen MR) is 80.9 cm³/mol. The summed E-state index contributed by atoms with van der Waals surface area (Å²) in [6, 6.07) is 10.0. The first kappa shape index (κ1) is 14.4. The van der Waals surface area contributed by atoms with E-state index in [9.17, 15) is 5.26 Å². The lowest BCUT2D eigenvalue weighted by atomic mass is 10.1. The van der Waals surface area contributed by atoms with Crippen LogP contribution in [-0.4, -0.2) is 16.8 Å². The first-order valence-corrected chi connectivity index (χ1v) is 6.76. The van der Waals surface area contributed by atoms with Crippen molar-refractivity contribution in [3.63, 3.8) is 0 Å². The minimum absolute atomic E-state index is 0.0469. The number of aryl methyl sites for hydroxylation is 2. The van der Waals surface area contributed by atoms with Crippen LogP contribution in [0.1, 0.15) is 29.8 Å². The number of halogens is 1. The van der Waals surface area contributed by atoms with Gasteiger partial charge in [0.25, 0.3) is 0 Å². The predicted octanol–water partition coefficient (Wildman–Crippen LogP) is 3.45. The zero-order valence-corrected chi connectivity index (χ0v) is 12.8. The number of hydrogen-bond donors (Lipinski definition) is 0. The van der Waals surface area contributed by atoms with Gasteiger partial charge in [0.15, 0.2) is 0 Å². The van der Waals surface area contributed by atoms with Gasteiger partial charge < -0.3 is 4.90 Å². The van der Waals surface area contributed by atoms with Crippen LogP contribution in [0.25, 0.3) is 0 Å². The Hall–Kier alpha value is -1.99. The molecule has 20 heavy (non-hydrogen) atoms. The minimum atomic E-state index is 0.0469. The molecule has 0 fully saturated rings. The van der Waals surface area contributed by atoms with Gasteiger partial charge in [0.05, 0.1) is 11.7 Å². The number of nitriles is 1. The highest BCUT2D eigenvalue weighted by Gasteiger charge is 2.22. The molecule has 1 heterocycles. The fourth-order valence-electron chi connectivity index (χ4n) is 2.39. The van der Waals surface area contributed by atoms with Crippen LogP contribution in [-0.2, 0) is 7.05 Å². The minimum Gasteiger partial charge on any atom is -0.352 e. The summed E-state index contributed by atoms with van der Waals surface area (Å²) in [7, 11) is 3.80. The molecule has 0 amide bonds. The Morgan fingerprint density at radius 1 is 1.40 bits per heavy atom. The third-order valence-electron chi connectivity index (χ3n) is 3.57. The van der Waals surface area contributed by atoms with Crippen LogP contribution in [0.2, 0.25) is 5.02 Å². The maximum absolute atomic E-state index is 9.31. The molecule has 0 aliphatic rings. The third-order valence-corrected chi connectivity index (χ3v) is 3.92. The Labute approximate surface area is 124 Å². The third kappa shape index (κ3) is 2.37. The van der Waals surface area contributed by atoms with Gasteiger partial charge in [-0.1, -0.05) is 29.8 Å². The van der Waals surface area contributed by atoms with E-state index in [4.69, 9.17) is 11.6 Å². The normalized spacial score (nSPS) is 12.0. The summed E-state index contributed by atoms with van der Waals surface area (Å²) in [5.74, 6) is 0.803. The Morgan fingerprint density at radius 2 is 2.05 bits per heavy atom. The number of aromatic nitrogens is 2. The number of rotatable bonds is 3. The van der Waals surface area contributed by atoms with E-state index in [-0.39, 0.29) is 6.04 Å². The van der Waals surface area contributed by atoms with Gasteiger partial charge >= 0.3 is 0 Å². The lowest BCUT2D eigenvalue weighted by Crippen LogP contribution is -2.25. The van der Waals surface area contributed by atoms with Gasteiger partial charge in [0.2, 0.25) is 0 Å². The van der Waals surface area contributed by atoms with Crippen molar-refractivity contribution in [3.05, 3.63) is 46.1 Å². The lowest BCUT2D eigenvalue weighted by molar-refractivity contribution is 0.673. The molecule has 0 aliphatic carbocycles. The summed E-state index contributed by atoms with van der Waals surface area (Å²) < 4.78 is 1.74. The molecule has 1 aromatic carbocycles. The first-order valence-electron chi connectivity index (χ1n) is 6.38. The molecule has 5 heteroatoms. The SMILES string of the molecule is Cc1nn(C)c(N(C)C(C)c2ccccc2Cl)c1C#N. The van der Waals surface area contributed by atoms with Crippen LogP contribution in [0, 0.1) is 18.3 Å². The lowest BCUT2D eigenvalue weighted by Gasteiger charge is -2.28. The number of anilines is 1. The molecule has 0 bridgehead atoms.